The third-order valence-electron chi connectivity index (χ3n) is 4.68. The first-order chi connectivity index (χ1) is 13.3. The molecular weight excluding hydrogens is 378 g/mol. The van der Waals surface area contributed by atoms with Crippen LogP contribution in [0.15, 0.2) is 29.2 Å². The van der Waals surface area contributed by atoms with Crippen molar-refractivity contribution < 1.29 is 13.2 Å². The van der Waals surface area contributed by atoms with Gasteiger partial charge in [-0.1, -0.05) is 6.07 Å². The maximum absolute atomic E-state index is 13.1. The molecule has 1 N–H and O–H groups in total. The van der Waals surface area contributed by atoms with Crippen LogP contribution >= 0.6 is 0 Å². The van der Waals surface area contributed by atoms with Gasteiger partial charge in [-0.15, -0.1) is 0 Å². The predicted octanol–water partition coefficient (Wildman–Crippen LogP) is 2.04. The van der Waals surface area contributed by atoms with Crippen LogP contribution in [0.1, 0.15) is 18.2 Å². The monoisotopic (exact) mass is 405 g/mol. The Morgan fingerprint density at radius 2 is 1.82 bits per heavy atom. The summed E-state index contributed by atoms with van der Waals surface area (Å²) < 4.78 is 33.1. The molecule has 0 aliphatic carbocycles. The second-order valence-corrected chi connectivity index (χ2v) is 8.67. The average molecular weight is 406 g/mol. The van der Waals surface area contributed by atoms with E-state index in [4.69, 9.17) is 4.74 Å². The number of aryl methyl sites for hydroxylation is 2. The van der Waals surface area contributed by atoms with Gasteiger partial charge in [-0.25, -0.2) is 13.4 Å². The highest BCUT2D eigenvalue weighted by molar-refractivity contribution is 7.89. The van der Waals surface area contributed by atoms with E-state index in [1.54, 1.807) is 12.1 Å². The molecule has 1 aliphatic heterocycles. The number of nitrogens with zero attached hydrogens (tertiary/aromatic N) is 4. The van der Waals surface area contributed by atoms with Gasteiger partial charge in [0.2, 0.25) is 16.0 Å². The molecule has 0 saturated carbocycles. The van der Waals surface area contributed by atoms with E-state index in [2.05, 4.69) is 20.2 Å². The Hall–Kier alpha value is -2.39. The molecule has 9 heteroatoms. The number of hydrogen-bond acceptors (Lipinski definition) is 7. The zero-order valence-corrected chi connectivity index (χ0v) is 17.6. The summed E-state index contributed by atoms with van der Waals surface area (Å²) in [4.78, 5) is 11.2. The van der Waals surface area contributed by atoms with Crippen LogP contribution in [0.25, 0.3) is 0 Å². The van der Waals surface area contributed by atoms with E-state index in [1.165, 1.54) is 11.4 Å². The van der Waals surface area contributed by atoms with Crippen molar-refractivity contribution in [3.63, 3.8) is 0 Å². The van der Waals surface area contributed by atoms with Gasteiger partial charge in [-0.2, -0.15) is 9.29 Å². The minimum Gasteiger partial charge on any atom is -0.495 e. The lowest BCUT2D eigenvalue weighted by Crippen LogP contribution is -2.49. The molecule has 1 aromatic carbocycles. The zero-order chi connectivity index (χ0) is 20.3. The van der Waals surface area contributed by atoms with Gasteiger partial charge in [0.25, 0.3) is 0 Å². The van der Waals surface area contributed by atoms with E-state index in [9.17, 15) is 8.42 Å². The van der Waals surface area contributed by atoms with E-state index in [0.29, 0.717) is 37.9 Å². The van der Waals surface area contributed by atoms with E-state index in [0.717, 1.165) is 23.6 Å². The van der Waals surface area contributed by atoms with Crippen molar-refractivity contribution in [2.75, 3.05) is 50.1 Å². The summed E-state index contributed by atoms with van der Waals surface area (Å²) in [5, 5.41) is 3.13. The quantitative estimate of drug-likeness (QED) is 0.787. The van der Waals surface area contributed by atoms with Crippen molar-refractivity contribution in [1.82, 2.24) is 14.3 Å². The molecule has 1 fully saturated rings. The van der Waals surface area contributed by atoms with Gasteiger partial charge in [-0.3, -0.25) is 0 Å². The number of ether oxygens (including phenoxy) is 1. The second kappa shape index (κ2) is 8.32. The Morgan fingerprint density at radius 3 is 2.46 bits per heavy atom. The number of nitrogens with one attached hydrogen (secondary N) is 1. The summed E-state index contributed by atoms with van der Waals surface area (Å²) in [7, 11) is -2.13. The molecule has 2 aromatic rings. The van der Waals surface area contributed by atoms with Crippen LogP contribution in [0.3, 0.4) is 0 Å². The summed E-state index contributed by atoms with van der Waals surface area (Å²) in [5.41, 5.74) is 1.76. The first-order valence-electron chi connectivity index (χ1n) is 9.34. The maximum Gasteiger partial charge on any atom is 0.246 e. The van der Waals surface area contributed by atoms with Crippen LogP contribution in [0, 0.1) is 13.8 Å². The standard InChI is InChI=1S/C19H27N5O3S/c1-5-20-19-21-15(3)13-18(22-19)23-8-10-24(11-9-23)28(25,26)17-12-14(2)6-7-16(17)27-4/h6-7,12-13H,5,8-11H2,1-4H3,(H,20,21,22). The first kappa shape index (κ1) is 20.3. The molecule has 28 heavy (non-hydrogen) atoms. The van der Waals surface area contributed by atoms with Crippen LogP contribution in [-0.2, 0) is 10.0 Å². The van der Waals surface area contributed by atoms with E-state index < -0.39 is 10.0 Å². The van der Waals surface area contributed by atoms with Gasteiger partial charge in [0.1, 0.15) is 16.5 Å². The molecular formula is C19H27N5O3S. The van der Waals surface area contributed by atoms with E-state index in [-0.39, 0.29) is 4.90 Å². The van der Waals surface area contributed by atoms with Gasteiger partial charge < -0.3 is 15.0 Å². The Morgan fingerprint density at radius 1 is 1.11 bits per heavy atom. The number of hydrogen-bond donors (Lipinski definition) is 1. The Bertz CT molecular complexity index is 941. The number of benzene rings is 1. The van der Waals surface area contributed by atoms with Gasteiger partial charge in [0.05, 0.1) is 7.11 Å². The predicted molar refractivity (Wildman–Crippen MR) is 110 cm³/mol. The summed E-state index contributed by atoms with van der Waals surface area (Å²) in [5.74, 6) is 1.78. The zero-order valence-electron chi connectivity index (χ0n) is 16.8. The molecule has 0 atom stereocenters. The summed E-state index contributed by atoms with van der Waals surface area (Å²) in [6.45, 7) is 8.44. The molecule has 0 amide bonds. The second-order valence-electron chi connectivity index (χ2n) is 6.77. The third kappa shape index (κ3) is 4.20. The topological polar surface area (TPSA) is 87.7 Å². The van der Waals surface area contributed by atoms with Crippen molar-refractivity contribution in [3.05, 3.63) is 35.5 Å². The fraction of sp³-hybridized carbons (Fsp3) is 0.474. The fourth-order valence-electron chi connectivity index (χ4n) is 3.23. The van der Waals surface area contributed by atoms with Gasteiger partial charge in [0.15, 0.2) is 0 Å². The number of aromatic nitrogens is 2. The van der Waals surface area contributed by atoms with Crippen molar-refractivity contribution >= 4 is 21.8 Å². The summed E-state index contributed by atoms with van der Waals surface area (Å²) in [6, 6.07) is 7.13. The van der Waals surface area contributed by atoms with E-state index in [1.807, 2.05) is 32.9 Å². The number of methoxy groups -OCH3 is 1. The summed E-state index contributed by atoms with van der Waals surface area (Å²) in [6.07, 6.45) is 0. The third-order valence-corrected chi connectivity index (χ3v) is 6.60. The van der Waals surface area contributed by atoms with Gasteiger partial charge >= 0.3 is 0 Å². The van der Waals surface area contributed by atoms with Crippen LogP contribution in [0.5, 0.6) is 5.75 Å². The lowest BCUT2D eigenvalue weighted by molar-refractivity contribution is 0.373. The molecule has 3 rings (SSSR count). The van der Waals surface area contributed by atoms with Crippen molar-refractivity contribution in [2.45, 2.75) is 25.7 Å². The minimum absolute atomic E-state index is 0.218. The normalized spacial score (nSPS) is 15.5. The Labute approximate surface area is 166 Å². The highest BCUT2D eigenvalue weighted by atomic mass is 32.2. The molecule has 1 aromatic heterocycles. The minimum atomic E-state index is -3.62. The Balaban J connectivity index is 1.78. The molecule has 0 radical (unpaired) electrons. The number of rotatable bonds is 6. The lowest BCUT2D eigenvalue weighted by atomic mass is 10.2. The Kier molecular flexibility index (Phi) is 6.04. The SMILES string of the molecule is CCNc1nc(C)cc(N2CCN(S(=O)(=O)c3cc(C)ccc3OC)CC2)n1. The van der Waals surface area contributed by atoms with Gasteiger partial charge in [-0.05, 0) is 38.5 Å². The summed E-state index contributed by atoms with van der Waals surface area (Å²) >= 11 is 0. The van der Waals surface area contributed by atoms with Crippen molar-refractivity contribution in [1.29, 1.82) is 0 Å². The average Bonchev–Trinajstić information content (AvgIpc) is 2.68. The molecule has 2 heterocycles. The molecule has 1 saturated heterocycles. The molecule has 0 unspecified atom stereocenters. The van der Waals surface area contributed by atoms with Crippen molar-refractivity contribution in [3.8, 4) is 5.75 Å². The first-order valence-corrected chi connectivity index (χ1v) is 10.8. The van der Waals surface area contributed by atoms with E-state index >= 15 is 0 Å². The number of anilines is 2. The highest BCUT2D eigenvalue weighted by Gasteiger charge is 2.31. The van der Waals surface area contributed by atoms with Crippen molar-refractivity contribution in [2.24, 2.45) is 0 Å². The van der Waals surface area contributed by atoms with Gasteiger partial charge in [0, 0.05) is 44.5 Å². The molecule has 8 nitrogen and oxygen atoms in total. The highest BCUT2D eigenvalue weighted by Crippen LogP contribution is 2.29. The van der Waals surface area contributed by atoms with Crippen LogP contribution in [-0.4, -0.2) is 62.5 Å². The molecule has 152 valence electrons. The fourth-order valence-corrected chi connectivity index (χ4v) is 4.90. The largest absolute Gasteiger partial charge is 0.495 e. The molecule has 0 spiro atoms. The van der Waals surface area contributed by atoms with Crippen LogP contribution in [0.2, 0.25) is 0 Å². The maximum atomic E-state index is 13.1. The number of sulfonamides is 1. The van der Waals surface area contributed by atoms with Crippen LogP contribution in [0.4, 0.5) is 11.8 Å². The van der Waals surface area contributed by atoms with Crippen LogP contribution < -0.4 is 15.0 Å². The molecule has 1 aliphatic rings. The number of piperazine rings is 1. The molecule has 0 bridgehead atoms. The smallest absolute Gasteiger partial charge is 0.246 e. The lowest BCUT2D eigenvalue weighted by Gasteiger charge is -2.35.